The van der Waals surface area contributed by atoms with Crippen molar-refractivity contribution in [1.82, 2.24) is 10.6 Å². The Kier molecular flexibility index (Phi) is 5.21. The van der Waals surface area contributed by atoms with E-state index in [-0.39, 0.29) is 18.7 Å². The first-order chi connectivity index (χ1) is 7.59. The maximum atomic E-state index is 11.3. The van der Waals surface area contributed by atoms with Crippen LogP contribution in [0.25, 0.3) is 0 Å². The summed E-state index contributed by atoms with van der Waals surface area (Å²) in [5.41, 5.74) is 5.29. The van der Waals surface area contributed by atoms with Gasteiger partial charge in [-0.3, -0.25) is 9.59 Å². The number of amides is 1. The summed E-state index contributed by atoms with van der Waals surface area (Å²) in [7, 11) is 0. The second-order valence-electron chi connectivity index (χ2n) is 4.15. The topological polar surface area (TPSA) is 104 Å². The monoisotopic (exact) mass is 229 g/mol. The Morgan fingerprint density at radius 2 is 2.31 bits per heavy atom. The lowest BCUT2D eigenvalue weighted by Gasteiger charge is -2.10. The van der Waals surface area contributed by atoms with Crippen molar-refractivity contribution < 1.29 is 14.7 Å². The van der Waals surface area contributed by atoms with E-state index in [0.717, 1.165) is 19.5 Å². The van der Waals surface area contributed by atoms with Gasteiger partial charge in [-0.1, -0.05) is 0 Å². The van der Waals surface area contributed by atoms with E-state index in [1.165, 1.54) is 0 Å². The van der Waals surface area contributed by atoms with Crippen LogP contribution < -0.4 is 16.4 Å². The number of hydrogen-bond donors (Lipinski definition) is 4. The van der Waals surface area contributed by atoms with Crippen LogP contribution in [0.2, 0.25) is 0 Å². The van der Waals surface area contributed by atoms with E-state index < -0.39 is 12.0 Å². The number of nitrogens with one attached hydrogen (secondary N) is 2. The van der Waals surface area contributed by atoms with Crippen molar-refractivity contribution in [2.45, 2.75) is 25.3 Å². The molecule has 1 fully saturated rings. The summed E-state index contributed by atoms with van der Waals surface area (Å²) in [4.78, 5) is 21.8. The highest BCUT2D eigenvalue weighted by molar-refractivity contribution is 5.78. The number of aliphatic carboxylic acids is 1. The molecule has 0 aromatic rings. The van der Waals surface area contributed by atoms with Crippen LogP contribution in [0.5, 0.6) is 0 Å². The van der Waals surface area contributed by atoms with Gasteiger partial charge in [0.15, 0.2) is 0 Å². The first-order valence-corrected chi connectivity index (χ1v) is 5.55. The van der Waals surface area contributed by atoms with Crippen molar-refractivity contribution in [2.24, 2.45) is 11.7 Å². The lowest BCUT2D eigenvalue weighted by Crippen LogP contribution is -2.34. The molecule has 0 spiro atoms. The maximum Gasteiger partial charge on any atom is 0.320 e. The molecule has 6 nitrogen and oxygen atoms in total. The van der Waals surface area contributed by atoms with Crippen molar-refractivity contribution in [3.63, 3.8) is 0 Å². The number of carbonyl (C=O) groups is 2. The molecule has 1 amide bonds. The molecule has 0 radical (unpaired) electrons. The number of nitrogens with two attached hydrogens (primary N) is 1. The number of carboxylic acids is 1. The van der Waals surface area contributed by atoms with E-state index in [1.807, 2.05) is 0 Å². The standard InChI is InChI=1S/C10H19N3O3/c11-8(10(15)16)1-2-9(14)13-6-7-3-4-12-5-7/h7-8,12H,1-6,11H2,(H,13,14)(H,15,16)/t7-,8+/m1/s1. The minimum atomic E-state index is -1.06. The third-order valence-electron chi connectivity index (χ3n) is 2.75. The lowest BCUT2D eigenvalue weighted by atomic mass is 10.1. The van der Waals surface area contributed by atoms with E-state index in [4.69, 9.17) is 10.8 Å². The van der Waals surface area contributed by atoms with Gasteiger partial charge in [0, 0.05) is 13.0 Å². The summed E-state index contributed by atoms with van der Waals surface area (Å²) in [5.74, 6) is -0.687. The fraction of sp³-hybridized carbons (Fsp3) is 0.800. The van der Waals surface area contributed by atoms with E-state index in [9.17, 15) is 9.59 Å². The molecule has 0 aromatic carbocycles. The zero-order valence-electron chi connectivity index (χ0n) is 9.24. The lowest BCUT2D eigenvalue weighted by molar-refractivity contribution is -0.138. The van der Waals surface area contributed by atoms with Crippen LogP contribution in [0.15, 0.2) is 0 Å². The van der Waals surface area contributed by atoms with E-state index in [1.54, 1.807) is 0 Å². The molecule has 1 saturated heterocycles. The zero-order valence-corrected chi connectivity index (χ0v) is 9.24. The van der Waals surface area contributed by atoms with E-state index in [0.29, 0.717) is 12.5 Å². The molecule has 16 heavy (non-hydrogen) atoms. The maximum absolute atomic E-state index is 11.3. The molecule has 1 rings (SSSR count). The first kappa shape index (κ1) is 12.9. The molecule has 1 aliphatic rings. The van der Waals surface area contributed by atoms with Crippen LogP contribution in [0.1, 0.15) is 19.3 Å². The van der Waals surface area contributed by atoms with Gasteiger partial charge in [0.2, 0.25) is 5.91 Å². The second kappa shape index (κ2) is 6.44. The molecule has 6 heteroatoms. The average molecular weight is 229 g/mol. The van der Waals surface area contributed by atoms with Crippen molar-refractivity contribution >= 4 is 11.9 Å². The van der Waals surface area contributed by atoms with Gasteiger partial charge in [-0.25, -0.2) is 0 Å². The number of carbonyl (C=O) groups excluding carboxylic acids is 1. The van der Waals surface area contributed by atoms with Crippen molar-refractivity contribution in [1.29, 1.82) is 0 Å². The Morgan fingerprint density at radius 1 is 1.56 bits per heavy atom. The minimum absolute atomic E-state index is 0.122. The molecule has 0 unspecified atom stereocenters. The van der Waals surface area contributed by atoms with Crippen LogP contribution >= 0.6 is 0 Å². The predicted octanol–water partition coefficient (Wildman–Crippen LogP) is -1.10. The van der Waals surface area contributed by atoms with Crippen molar-refractivity contribution in [2.75, 3.05) is 19.6 Å². The van der Waals surface area contributed by atoms with Gasteiger partial charge in [0.05, 0.1) is 0 Å². The summed E-state index contributed by atoms with van der Waals surface area (Å²) in [6.45, 7) is 2.60. The molecular weight excluding hydrogens is 210 g/mol. The highest BCUT2D eigenvalue weighted by Gasteiger charge is 2.16. The Labute approximate surface area is 94.6 Å². The van der Waals surface area contributed by atoms with Crippen LogP contribution in [0.3, 0.4) is 0 Å². The summed E-state index contributed by atoms with van der Waals surface area (Å²) >= 11 is 0. The molecule has 2 atom stereocenters. The smallest absolute Gasteiger partial charge is 0.320 e. The van der Waals surface area contributed by atoms with Gasteiger partial charge in [-0.05, 0) is 31.8 Å². The van der Waals surface area contributed by atoms with Gasteiger partial charge < -0.3 is 21.5 Å². The Hall–Kier alpha value is -1.14. The quantitative estimate of drug-likeness (QED) is 0.463. The zero-order chi connectivity index (χ0) is 12.0. The van der Waals surface area contributed by atoms with E-state index in [2.05, 4.69) is 10.6 Å². The molecule has 0 bridgehead atoms. The van der Waals surface area contributed by atoms with E-state index >= 15 is 0 Å². The van der Waals surface area contributed by atoms with Crippen molar-refractivity contribution in [3.05, 3.63) is 0 Å². The molecule has 0 aromatic heterocycles. The Balaban J connectivity index is 2.08. The van der Waals surface area contributed by atoms with Gasteiger partial charge in [-0.15, -0.1) is 0 Å². The summed E-state index contributed by atoms with van der Waals surface area (Å²) in [6, 6.07) is -0.945. The number of hydrogen-bond acceptors (Lipinski definition) is 4. The third kappa shape index (κ3) is 4.59. The summed E-state index contributed by atoms with van der Waals surface area (Å²) in [5, 5.41) is 14.5. The SMILES string of the molecule is N[C@@H](CCC(=O)NC[C@@H]1CCNC1)C(=O)O. The molecule has 0 saturated carbocycles. The molecule has 1 aliphatic heterocycles. The Bertz CT molecular complexity index is 252. The van der Waals surface area contributed by atoms with Crippen LogP contribution in [0.4, 0.5) is 0 Å². The number of rotatable bonds is 6. The van der Waals surface area contributed by atoms with Gasteiger partial charge >= 0.3 is 5.97 Å². The fourth-order valence-electron chi connectivity index (χ4n) is 1.65. The highest BCUT2D eigenvalue weighted by Crippen LogP contribution is 2.05. The van der Waals surface area contributed by atoms with Crippen LogP contribution in [-0.2, 0) is 9.59 Å². The third-order valence-corrected chi connectivity index (χ3v) is 2.75. The summed E-state index contributed by atoms with van der Waals surface area (Å²) in [6.07, 6.45) is 1.44. The van der Waals surface area contributed by atoms with Crippen LogP contribution in [-0.4, -0.2) is 42.7 Å². The largest absolute Gasteiger partial charge is 0.480 e. The first-order valence-electron chi connectivity index (χ1n) is 5.55. The molecule has 1 heterocycles. The molecule has 0 aliphatic carbocycles. The fourth-order valence-corrected chi connectivity index (χ4v) is 1.65. The highest BCUT2D eigenvalue weighted by atomic mass is 16.4. The Morgan fingerprint density at radius 3 is 2.88 bits per heavy atom. The normalized spacial score (nSPS) is 21.7. The average Bonchev–Trinajstić information content (AvgIpc) is 2.75. The molecule has 5 N–H and O–H groups in total. The summed E-state index contributed by atoms with van der Waals surface area (Å²) < 4.78 is 0. The van der Waals surface area contributed by atoms with Gasteiger partial charge in [0.25, 0.3) is 0 Å². The molecule has 92 valence electrons. The molecular formula is C10H19N3O3. The minimum Gasteiger partial charge on any atom is -0.480 e. The number of carboxylic acid groups (broad SMARTS) is 1. The second-order valence-corrected chi connectivity index (χ2v) is 4.15. The van der Waals surface area contributed by atoms with Crippen molar-refractivity contribution in [3.8, 4) is 0 Å². The van der Waals surface area contributed by atoms with Gasteiger partial charge in [0.1, 0.15) is 6.04 Å². The predicted molar refractivity (Wildman–Crippen MR) is 58.8 cm³/mol. The van der Waals surface area contributed by atoms with Crippen LogP contribution in [0, 0.1) is 5.92 Å². The van der Waals surface area contributed by atoms with Gasteiger partial charge in [-0.2, -0.15) is 0 Å².